The normalized spacial score (nSPS) is 19.6. The fourth-order valence-electron chi connectivity index (χ4n) is 3.60. The summed E-state index contributed by atoms with van der Waals surface area (Å²) >= 11 is 0. The summed E-state index contributed by atoms with van der Waals surface area (Å²) < 4.78 is 5.26. The fraction of sp³-hybridized carbons (Fsp3) is 0.333. The first-order chi connectivity index (χ1) is 13.2. The van der Waals surface area contributed by atoms with E-state index in [0.717, 1.165) is 29.8 Å². The SMILES string of the molecule is COc1ccc2nccc(N3CCC(O)(CNCc4ccccc4)C3)c2n1. The molecule has 6 nitrogen and oxygen atoms in total. The minimum atomic E-state index is -0.761. The number of nitrogens with one attached hydrogen (secondary N) is 1. The zero-order valence-electron chi connectivity index (χ0n) is 15.4. The highest BCUT2D eigenvalue weighted by Gasteiger charge is 2.36. The Hall–Kier alpha value is -2.70. The second kappa shape index (κ2) is 7.50. The molecule has 2 N–H and O–H groups in total. The van der Waals surface area contributed by atoms with Gasteiger partial charge in [0.2, 0.25) is 5.88 Å². The highest BCUT2D eigenvalue weighted by atomic mass is 16.5. The van der Waals surface area contributed by atoms with Crippen LogP contribution in [0.2, 0.25) is 0 Å². The number of pyridine rings is 2. The summed E-state index contributed by atoms with van der Waals surface area (Å²) in [6, 6.07) is 15.9. The van der Waals surface area contributed by atoms with Crippen LogP contribution in [0.15, 0.2) is 54.7 Å². The second-order valence-electron chi connectivity index (χ2n) is 7.04. The standard InChI is InChI=1S/C21H24N4O2/c1-27-19-8-7-17-20(24-19)18(9-11-23-17)25-12-10-21(26,15-25)14-22-13-16-5-3-2-4-6-16/h2-9,11,22,26H,10,12-15H2,1H3. The van der Waals surface area contributed by atoms with E-state index in [1.54, 1.807) is 13.3 Å². The molecular weight excluding hydrogens is 340 g/mol. The van der Waals surface area contributed by atoms with Crippen LogP contribution in [0.5, 0.6) is 5.88 Å². The number of anilines is 1. The van der Waals surface area contributed by atoms with E-state index in [1.807, 2.05) is 36.4 Å². The van der Waals surface area contributed by atoms with Crippen LogP contribution < -0.4 is 15.0 Å². The maximum absolute atomic E-state index is 11.0. The third-order valence-electron chi connectivity index (χ3n) is 5.05. The van der Waals surface area contributed by atoms with Gasteiger partial charge in [-0.05, 0) is 24.1 Å². The molecule has 0 saturated carbocycles. The maximum Gasteiger partial charge on any atom is 0.213 e. The molecule has 3 heterocycles. The van der Waals surface area contributed by atoms with Gasteiger partial charge in [0.05, 0.1) is 23.9 Å². The molecule has 0 bridgehead atoms. The predicted molar refractivity (Wildman–Crippen MR) is 106 cm³/mol. The van der Waals surface area contributed by atoms with Crippen molar-refractivity contribution in [2.75, 3.05) is 31.6 Å². The van der Waals surface area contributed by atoms with E-state index in [1.165, 1.54) is 5.56 Å². The molecule has 140 valence electrons. The van der Waals surface area contributed by atoms with Crippen molar-refractivity contribution in [3.05, 3.63) is 60.3 Å². The van der Waals surface area contributed by atoms with E-state index < -0.39 is 5.60 Å². The topological polar surface area (TPSA) is 70.5 Å². The van der Waals surface area contributed by atoms with E-state index in [2.05, 4.69) is 32.3 Å². The number of nitrogens with zero attached hydrogens (tertiary/aromatic N) is 3. The molecule has 0 aliphatic carbocycles. The van der Waals surface area contributed by atoms with Gasteiger partial charge >= 0.3 is 0 Å². The molecule has 27 heavy (non-hydrogen) atoms. The van der Waals surface area contributed by atoms with Gasteiger partial charge in [-0.1, -0.05) is 30.3 Å². The van der Waals surface area contributed by atoms with E-state index in [9.17, 15) is 5.11 Å². The quantitative estimate of drug-likeness (QED) is 0.700. The third-order valence-corrected chi connectivity index (χ3v) is 5.05. The lowest BCUT2D eigenvalue weighted by molar-refractivity contribution is 0.0627. The molecular formula is C21H24N4O2. The Balaban J connectivity index is 1.46. The molecule has 0 spiro atoms. The van der Waals surface area contributed by atoms with Crippen LogP contribution in [0.4, 0.5) is 5.69 Å². The van der Waals surface area contributed by atoms with Crippen molar-refractivity contribution in [2.24, 2.45) is 0 Å². The first-order valence-electron chi connectivity index (χ1n) is 9.19. The summed E-state index contributed by atoms with van der Waals surface area (Å²) in [6.45, 7) is 2.65. The summed E-state index contributed by atoms with van der Waals surface area (Å²) in [5.74, 6) is 0.565. The van der Waals surface area contributed by atoms with Crippen LogP contribution in [0.25, 0.3) is 11.0 Å². The van der Waals surface area contributed by atoms with Crippen molar-refractivity contribution in [3.8, 4) is 5.88 Å². The molecule has 0 amide bonds. The van der Waals surface area contributed by atoms with E-state index in [0.29, 0.717) is 25.4 Å². The minimum absolute atomic E-state index is 0.554. The average Bonchev–Trinajstić information content (AvgIpc) is 3.10. The Morgan fingerprint density at radius 2 is 2.04 bits per heavy atom. The largest absolute Gasteiger partial charge is 0.481 e. The van der Waals surface area contributed by atoms with Gasteiger partial charge < -0.3 is 20.1 Å². The van der Waals surface area contributed by atoms with E-state index >= 15 is 0 Å². The molecule has 3 aromatic rings. The van der Waals surface area contributed by atoms with Crippen molar-refractivity contribution < 1.29 is 9.84 Å². The Morgan fingerprint density at radius 3 is 2.85 bits per heavy atom. The van der Waals surface area contributed by atoms with Crippen LogP contribution in [0.3, 0.4) is 0 Å². The number of hydrogen-bond acceptors (Lipinski definition) is 6. The summed E-state index contributed by atoms with van der Waals surface area (Å²) in [5, 5.41) is 14.4. The number of benzene rings is 1. The van der Waals surface area contributed by atoms with Gasteiger partial charge in [-0.15, -0.1) is 0 Å². The van der Waals surface area contributed by atoms with Crippen molar-refractivity contribution in [3.63, 3.8) is 0 Å². The lowest BCUT2D eigenvalue weighted by Gasteiger charge is -2.25. The van der Waals surface area contributed by atoms with Gasteiger partial charge in [0.15, 0.2) is 0 Å². The summed E-state index contributed by atoms with van der Waals surface area (Å²) in [7, 11) is 1.61. The predicted octanol–water partition coefficient (Wildman–Crippen LogP) is 2.37. The van der Waals surface area contributed by atoms with Crippen LogP contribution in [0.1, 0.15) is 12.0 Å². The number of ether oxygens (including phenoxy) is 1. The zero-order valence-corrected chi connectivity index (χ0v) is 15.4. The Bertz CT molecular complexity index is 918. The highest BCUT2D eigenvalue weighted by Crippen LogP contribution is 2.31. The molecule has 6 heteroatoms. The van der Waals surface area contributed by atoms with Gasteiger partial charge in [-0.3, -0.25) is 4.98 Å². The number of aliphatic hydroxyl groups is 1. The van der Waals surface area contributed by atoms with Gasteiger partial charge in [-0.2, -0.15) is 0 Å². The Kier molecular flexibility index (Phi) is 4.92. The van der Waals surface area contributed by atoms with E-state index in [-0.39, 0.29) is 0 Å². The molecule has 2 aromatic heterocycles. The molecule has 1 aliphatic rings. The highest BCUT2D eigenvalue weighted by molar-refractivity contribution is 5.88. The third kappa shape index (κ3) is 3.86. The molecule has 1 aromatic carbocycles. The van der Waals surface area contributed by atoms with Crippen LogP contribution >= 0.6 is 0 Å². The Labute approximate surface area is 158 Å². The van der Waals surface area contributed by atoms with Gasteiger partial charge in [-0.25, -0.2) is 4.98 Å². The monoisotopic (exact) mass is 364 g/mol. The molecule has 1 atom stereocenters. The molecule has 1 saturated heterocycles. The summed E-state index contributed by atoms with van der Waals surface area (Å²) in [4.78, 5) is 11.1. The molecule has 1 unspecified atom stereocenters. The number of aromatic nitrogens is 2. The lowest BCUT2D eigenvalue weighted by Crippen LogP contribution is -2.42. The Morgan fingerprint density at radius 1 is 1.19 bits per heavy atom. The minimum Gasteiger partial charge on any atom is -0.481 e. The van der Waals surface area contributed by atoms with Gasteiger partial charge in [0.25, 0.3) is 0 Å². The first-order valence-corrected chi connectivity index (χ1v) is 9.19. The average molecular weight is 364 g/mol. The van der Waals surface area contributed by atoms with Gasteiger partial charge in [0, 0.05) is 38.4 Å². The number of β-amino-alcohol motifs (C(OH)–C–C–N with tert-alkyl or cyclic N) is 1. The zero-order chi connectivity index (χ0) is 18.7. The number of methoxy groups -OCH3 is 1. The van der Waals surface area contributed by atoms with Crippen molar-refractivity contribution in [2.45, 2.75) is 18.6 Å². The molecule has 1 fully saturated rings. The number of rotatable bonds is 6. The second-order valence-corrected chi connectivity index (χ2v) is 7.04. The molecule has 0 radical (unpaired) electrons. The van der Waals surface area contributed by atoms with Crippen molar-refractivity contribution in [1.29, 1.82) is 0 Å². The van der Waals surface area contributed by atoms with Crippen LogP contribution in [-0.4, -0.2) is 47.4 Å². The van der Waals surface area contributed by atoms with Crippen LogP contribution in [-0.2, 0) is 6.54 Å². The maximum atomic E-state index is 11.0. The first kappa shape index (κ1) is 17.7. The number of hydrogen-bond donors (Lipinski definition) is 2. The van der Waals surface area contributed by atoms with Crippen molar-refractivity contribution >= 4 is 16.7 Å². The van der Waals surface area contributed by atoms with E-state index in [4.69, 9.17) is 4.74 Å². The smallest absolute Gasteiger partial charge is 0.213 e. The molecule has 4 rings (SSSR count). The summed E-state index contributed by atoms with van der Waals surface area (Å²) in [5.41, 5.74) is 3.07. The fourth-order valence-corrected chi connectivity index (χ4v) is 3.60. The summed E-state index contributed by atoms with van der Waals surface area (Å²) in [6.07, 6.45) is 2.50. The molecule has 1 aliphatic heterocycles. The lowest BCUT2D eigenvalue weighted by atomic mass is 10.0. The van der Waals surface area contributed by atoms with Gasteiger partial charge in [0.1, 0.15) is 5.52 Å². The van der Waals surface area contributed by atoms with Crippen LogP contribution in [0, 0.1) is 0 Å². The number of fused-ring (bicyclic) bond motifs is 1. The van der Waals surface area contributed by atoms with Crippen molar-refractivity contribution in [1.82, 2.24) is 15.3 Å².